The molecule has 19 heavy (non-hydrogen) atoms. The molecule has 0 aliphatic heterocycles. The maximum absolute atomic E-state index is 11.6. The predicted octanol–water partition coefficient (Wildman–Crippen LogP) is 2.30. The van der Waals surface area contributed by atoms with E-state index in [2.05, 4.69) is 5.32 Å². The van der Waals surface area contributed by atoms with E-state index in [0.29, 0.717) is 36.2 Å². The number of amides is 1. The second-order valence-corrected chi connectivity index (χ2v) is 4.40. The second-order valence-electron chi connectivity index (χ2n) is 4.00. The lowest BCUT2D eigenvalue weighted by atomic mass is 10.2. The molecule has 6 heteroatoms. The highest BCUT2D eigenvalue weighted by Gasteiger charge is 2.06. The summed E-state index contributed by atoms with van der Waals surface area (Å²) in [4.78, 5) is 11.6. The summed E-state index contributed by atoms with van der Waals surface area (Å²) in [6.07, 6.45) is 1.11. The number of methoxy groups -OCH3 is 1. The maximum Gasteiger partial charge on any atom is 0.226 e. The van der Waals surface area contributed by atoms with Gasteiger partial charge in [0.1, 0.15) is 0 Å². The lowest BCUT2D eigenvalue weighted by Crippen LogP contribution is -2.15. The van der Waals surface area contributed by atoms with E-state index in [1.807, 2.05) is 0 Å². The molecule has 0 spiro atoms. The van der Waals surface area contributed by atoms with Crippen molar-refractivity contribution in [1.29, 1.82) is 0 Å². The van der Waals surface area contributed by atoms with E-state index in [9.17, 15) is 4.79 Å². The number of halogens is 1. The molecule has 5 nitrogen and oxygen atoms in total. The fourth-order valence-electron chi connectivity index (χ4n) is 1.42. The molecule has 1 aromatic carbocycles. The average Bonchev–Trinajstić information content (AvgIpc) is 2.37. The Hall–Kier alpha value is -1.30. The van der Waals surface area contributed by atoms with Gasteiger partial charge in [0.05, 0.1) is 23.7 Å². The molecule has 0 heterocycles. The minimum atomic E-state index is -0.140. The first-order valence-corrected chi connectivity index (χ1v) is 6.43. The summed E-state index contributed by atoms with van der Waals surface area (Å²) in [5.41, 5.74) is 6.68. The van der Waals surface area contributed by atoms with E-state index in [1.165, 1.54) is 0 Å². The van der Waals surface area contributed by atoms with Crippen LogP contribution in [0.15, 0.2) is 18.2 Å². The van der Waals surface area contributed by atoms with Crippen LogP contribution in [-0.2, 0) is 14.3 Å². The maximum atomic E-state index is 11.6. The number of hydrogen-bond donors (Lipinski definition) is 2. The molecule has 0 aromatic heterocycles. The normalized spacial score (nSPS) is 10.4. The van der Waals surface area contributed by atoms with Gasteiger partial charge in [0.2, 0.25) is 5.91 Å². The molecule has 1 amide bonds. The van der Waals surface area contributed by atoms with Gasteiger partial charge in [-0.15, -0.1) is 0 Å². The first kappa shape index (κ1) is 15.8. The number of nitrogen functional groups attached to an aromatic ring is 1. The van der Waals surface area contributed by atoms with E-state index in [-0.39, 0.29) is 12.3 Å². The van der Waals surface area contributed by atoms with Gasteiger partial charge in [-0.05, 0) is 24.6 Å². The van der Waals surface area contributed by atoms with Gasteiger partial charge in [0.25, 0.3) is 0 Å². The number of anilines is 2. The number of nitrogens with one attached hydrogen (secondary N) is 1. The highest BCUT2D eigenvalue weighted by molar-refractivity contribution is 6.34. The van der Waals surface area contributed by atoms with Gasteiger partial charge in [-0.3, -0.25) is 4.79 Å². The Morgan fingerprint density at radius 2 is 2.16 bits per heavy atom. The zero-order chi connectivity index (χ0) is 14.1. The van der Waals surface area contributed by atoms with Gasteiger partial charge in [0, 0.05) is 26.0 Å². The zero-order valence-electron chi connectivity index (χ0n) is 10.9. The molecule has 0 fully saturated rings. The molecule has 0 saturated heterocycles. The fourth-order valence-corrected chi connectivity index (χ4v) is 1.65. The quantitative estimate of drug-likeness (QED) is 0.568. The molecule has 0 saturated carbocycles. The Kier molecular flexibility index (Phi) is 7.25. The molecule has 3 N–H and O–H groups in total. The third kappa shape index (κ3) is 6.42. The van der Waals surface area contributed by atoms with Crippen LogP contribution in [0.3, 0.4) is 0 Å². The van der Waals surface area contributed by atoms with Crippen molar-refractivity contribution >= 4 is 28.9 Å². The number of ether oxygens (including phenoxy) is 2. The van der Waals surface area contributed by atoms with Crippen molar-refractivity contribution < 1.29 is 14.3 Å². The van der Waals surface area contributed by atoms with Crippen molar-refractivity contribution in [1.82, 2.24) is 0 Å². The van der Waals surface area contributed by atoms with Gasteiger partial charge in [-0.25, -0.2) is 0 Å². The third-order valence-corrected chi connectivity index (χ3v) is 2.69. The largest absolute Gasteiger partial charge is 0.399 e. The molecule has 0 bridgehead atoms. The van der Waals surface area contributed by atoms with Crippen LogP contribution in [0.4, 0.5) is 11.4 Å². The van der Waals surface area contributed by atoms with Crippen LogP contribution in [0.2, 0.25) is 5.02 Å². The summed E-state index contributed by atoms with van der Waals surface area (Å²) in [5, 5.41) is 3.13. The summed E-state index contributed by atoms with van der Waals surface area (Å²) in [6, 6.07) is 4.95. The number of rotatable bonds is 8. The molecule has 0 aliphatic rings. The van der Waals surface area contributed by atoms with Crippen LogP contribution in [-0.4, -0.2) is 32.8 Å². The Bertz CT molecular complexity index is 413. The molecule has 1 rings (SSSR count). The summed E-state index contributed by atoms with van der Waals surface area (Å²) < 4.78 is 10.2. The van der Waals surface area contributed by atoms with Gasteiger partial charge >= 0.3 is 0 Å². The first-order valence-electron chi connectivity index (χ1n) is 6.05. The third-order valence-electron chi connectivity index (χ3n) is 2.38. The van der Waals surface area contributed by atoms with Crippen LogP contribution in [0, 0.1) is 0 Å². The molecule has 106 valence electrons. The Morgan fingerprint density at radius 3 is 2.84 bits per heavy atom. The van der Waals surface area contributed by atoms with Crippen molar-refractivity contribution in [3.05, 3.63) is 23.2 Å². The molecule has 0 unspecified atom stereocenters. The fraction of sp³-hybridized carbons (Fsp3) is 0.462. The minimum Gasteiger partial charge on any atom is -0.399 e. The number of carbonyl (C=O) groups excluding carboxylic acids is 1. The smallest absolute Gasteiger partial charge is 0.226 e. The van der Waals surface area contributed by atoms with Gasteiger partial charge in [-0.2, -0.15) is 0 Å². The lowest BCUT2D eigenvalue weighted by molar-refractivity contribution is -0.117. The van der Waals surface area contributed by atoms with Gasteiger partial charge in [-0.1, -0.05) is 11.6 Å². The van der Waals surface area contributed by atoms with E-state index in [4.69, 9.17) is 26.8 Å². The Balaban J connectivity index is 2.23. The van der Waals surface area contributed by atoms with E-state index < -0.39 is 0 Å². The molecular weight excluding hydrogens is 268 g/mol. The van der Waals surface area contributed by atoms with Crippen LogP contribution in [0.25, 0.3) is 0 Å². The standard InChI is InChI=1S/C13H19ClN2O3/c1-18-6-2-7-19-8-5-13(17)16-12-4-3-10(15)9-11(12)14/h3-4,9H,2,5-8,15H2,1H3,(H,16,17). The highest BCUT2D eigenvalue weighted by atomic mass is 35.5. The monoisotopic (exact) mass is 286 g/mol. The lowest BCUT2D eigenvalue weighted by Gasteiger charge is -2.08. The van der Waals surface area contributed by atoms with E-state index in [0.717, 1.165) is 6.42 Å². The summed E-state index contributed by atoms with van der Waals surface area (Å²) in [5.74, 6) is -0.140. The molecule has 0 atom stereocenters. The second kappa shape index (κ2) is 8.74. The first-order chi connectivity index (χ1) is 9.13. The number of nitrogens with two attached hydrogens (primary N) is 1. The number of carbonyl (C=O) groups is 1. The Morgan fingerprint density at radius 1 is 1.37 bits per heavy atom. The molecule has 0 radical (unpaired) electrons. The molecular formula is C13H19ClN2O3. The van der Waals surface area contributed by atoms with Crippen LogP contribution < -0.4 is 11.1 Å². The Labute approximate surface area is 118 Å². The van der Waals surface area contributed by atoms with Crippen LogP contribution in [0.5, 0.6) is 0 Å². The van der Waals surface area contributed by atoms with Crippen LogP contribution >= 0.6 is 11.6 Å². The minimum absolute atomic E-state index is 0.140. The number of hydrogen-bond acceptors (Lipinski definition) is 4. The van der Waals surface area contributed by atoms with Crippen molar-refractivity contribution in [2.45, 2.75) is 12.8 Å². The van der Waals surface area contributed by atoms with Crippen molar-refractivity contribution in [2.24, 2.45) is 0 Å². The van der Waals surface area contributed by atoms with Crippen LogP contribution in [0.1, 0.15) is 12.8 Å². The van der Waals surface area contributed by atoms with E-state index >= 15 is 0 Å². The van der Waals surface area contributed by atoms with Crippen molar-refractivity contribution in [3.8, 4) is 0 Å². The van der Waals surface area contributed by atoms with Gasteiger partial charge in [0.15, 0.2) is 0 Å². The van der Waals surface area contributed by atoms with E-state index in [1.54, 1.807) is 25.3 Å². The van der Waals surface area contributed by atoms with Crippen molar-refractivity contribution in [3.63, 3.8) is 0 Å². The summed E-state index contributed by atoms with van der Waals surface area (Å²) in [6.45, 7) is 1.62. The number of benzene rings is 1. The predicted molar refractivity (Wildman–Crippen MR) is 76.4 cm³/mol. The summed E-state index contributed by atoms with van der Waals surface area (Å²) >= 11 is 5.95. The molecule has 1 aromatic rings. The average molecular weight is 287 g/mol. The summed E-state index contributed by atoms with van der Waals surface area (Å²) in [7, 11) is 1.64. The van der Waals surface area contributed by atoms with Gasteiger partial charge < -0.3 is 20.5 Å². The van der Waals surface area contributed by atoms with Crippen molar-refractivity contribution in [2.75, 3.05) is 38.0 Å². The topological polar surface area (TPSA) is 73.6 Å². The highest BCUT2D eigenvalue weighted by Crippen LogP contribution is 2.23. The SMILES string of the molecule is COCCCOCCC(=O)Nc1ccc(N)cc1Cl. The molecule has 0 aliphatic carbocycles. The zero-order valence-corrected chi connectivity index (χ0v) is 11.7.